The third-order valence-corrected chi connectivity index (χ3v) is 5.70. The van der Waals surface area contributed by atoms with E-state index in [0.717, 1.165) is 34.5 Å². The molecule has 0 spiro atoms. The van der Waals surface area contributed by atoms with Gasteiger partial charge in [0.05, 0.1) is 5.69 Å². The first-order chi connectivity index (χ1) is 16.7. The van der Waals surface area contributed by atoms with Crippen LogP contribution in [-0.4, -0.2) is 30.7 Å². The molecular weight excluding hydrogens is 424 g/mol. The normalized spacial score (nSPS) is 11.0. The van der Waals surface area contributed by atoms with Crippen LogP contribution in [0.5, 0.6) is 0 Å². The smallest absolute Gasteiger partial charge is 0.224 e. The van der Waals surface area contributed by atoms with Gasteiger partial charge in [0.25, 0.3) is 0 Å². The van der Waals surface area contributed by atoms with E-state index in [1.54, 1.807) is 16.9 Å². The molecule has 5 rings (SSSR count). The van der Waals surface area contributed by atoms with Gasteiger partial charge in [0.1, 0.15) is 0 Å². The third kappa shape index (κ3) is 4.68. The molecule has 34 heavy (non-hydrogen) atoms. The van der Waals surface area contributed by atoms with Gasteiger partial charge in [-0.1, -0.05) is 43.3 Å². The van der Waals surface area contributed by atoms with E-state index >= 15 is 0 Å². The molecule has 5 aromatic rings. The van der Waals surface area contributed by atoms with Crippen molar-refractivity contribution in [3.05, 3.63) is 96.3 Å². The van der Waals surface area contributed by atoms with Crippen molar-refractivity contribution in [2.24, 2.45) is 0 Å². The van der Waals surface area contributed by atoms with Crippen LogP contribution in [0, 0.1) is 0 Å². The van der Waals surface area contributed by atoms with Crippen molar-refractivity contribution in [2.45, 2.75) is 26.2 Å². The highest BCUT2D eigenvalue weighted by Crippen LogP contribution is 2.23. The molecular formula is C27H24N6O. The number of aryl methyl sites for hydroxylation is 2. The number of benzene rings is 2. The minimum absolute atomic E-state index is 0.0159. The molecule has 0 saturated carbocycles. The van der Waals surface area contributed by atoms with Crippen LogP contribution in [0.25, 0.3) is 28.3 Å². The molecule has 0 atom stereocenters. The minimum atomic E-state index is -0.0159. The average Bonchev–Trinajstić information content (AvgIpc) is 3.32. The van der Waals surface area contributed by atoms with Crippen molar-refractivity contribution in [1.82, 2.24) is 24.8 Å². The van der Waals surface area contributed by atoms with Gasteiger partial charge in [-0.05, 0) is 60.4 Å². The summed E-state index contributed by atoms with van der Waals surface area (Å²) in [6.45, 7) is 2.14. The second-order valence-electron chi connectivity index (χ2n) is 8.05. The van der Waals surface area contributed by atoms with E-state index in [9.17, 15) is 4.79 Å². The molecule has 0 aliphatic carbocycles. The fourth-order valence-corrected chi connectivity index (χ4v) is 3.80. The van der Waals surface area contributed by atoms with Crippen molar-refractivity contribution in [3.8, 4) is 22.6 Å². The van der Waals surface area contributed by atoms with E-state index in [1.807, 2.05) is 48.5 Å². The van der Waals surface area contributed by atoms with E-state index in [0.29, 0.717) is 24.3 Å². The van der Waals surface area contributed by atoms with Crippen LogP contribution >= 0.6 is 0 Å². The summed E-state index contributed by atoms with van der Waals surface area (Å²) >= 11 is 0. The Morgan fingerprint density at radius 1 is 0.912 bits per heavy atom. The Labute approximate surface area is 197 Å². The largest absolute Gasteiger partial charge is 0.326 e. The number of anilines is 1. The van der Waals surface area contributed by atoms with Crippen molar-refractivity contribution < 1.29 is 4.79 Å². The molecule has 0 saturated heterocycles. The molecule has 0 aliphatic heterocycles. The molecule has 0 aliphatic rings. The lowest BCUT2D eigenvalue weighted by Gasteiger charge is -2.08. The lowest BCUT2D eigenvalue weighted by Crippen LogP contribution is -2.12. The predicted octanol–water partition coefficient (Wildman–Crippen LogP) is 4.99. The minimum Gasteiger partial charge on any atom is -0.326 e. The molecule has 0 fully saturated rings. The summed E-state index contributed by atoms with van der Waals surface area (Å²) in [6, 6.07) is 23.7. The Morgan fingerprint density at radius 3 is 2.53 bits per heavy atom. The Morgan fingerprint density at radius 2 is 1.74 bits per heavy atom. The lowest BCUT2D eigenvalue weighted by molar-refractivity contribution is -0.116. The number of fused-ring (bicyclic) bond motifs is 1. The molecule has 0 unspecified atom stereocenters. The first-order valence-electron chi connectivity index (χ1n) is 11.3. The number of nitrogens with zero attached hydrogens (tertiary/aromatic N) is 5. The van der Waals surface area contributed by atoms with E-state index in [1.165, 1.54) is 5.56 Å². The fourth-order valence-electron chi connectivity index (χ4n) is 3.80. The number of hydrogen-bond acceptors (Lipinski definition) is 5. The molecule has 0 radical (unpaired) electrons. The van der Waals surface area contributed by atoms with Crippen LogP contribution in [0.15, 0.2) is 85.2 Å². The summed E-state index contributed by atoms with van der Waals surface area (Å²) in [7, 11) is 0. The Kier molecular flexibility index (Phi) is 6.07. The molecule has 168 valence electrons. The van der Waals surface area contributed by atoms with E-state index in [-0.39, 0.29) is 5.91 Å². The first-order valence-corrected chi connectivity index (χ1v) is 11.3. The highest BCUT2D eigenvalue weighted by molar-refractivity contribution is 5.91. The lowest BCUT2D eigenvalue weighted by atomic mass is 10.1. The van der Waals surface area contributed by atoms with Crippen LogP contribution < -0.4 is 5.32 Å². The number of pyridine rings is 1. The van der Waals surface area contributed by atoms with E-state index in [4.69, 9.17) is 5.10 Å². The fraction of sp³-hybridized carbons (Fsp3) is 0.148. The maximum atomic E-state index is 12.5. The van der Waals surface area contributed by atoms with E-state index < -0.39 is 0 Å². The third-order valence-electron chi connectivity index (χ3n) is 5.70. The number of hydrogen-bond donors (Lipinski definition) is 1. The quantitative estimate of drug-likeness (QED) is 0.379. The van der Waals surface area contributed by atoms with Crippen molar-refractivity contribution >= 4 is 17.2 Å². The maximum absolute atomic E-state index is 12.5. The van der Waals surface area contributed by atoms with Crippen LogP contribution in [0.4, 0.5) is 5.69 Å². The molecule has 7 nitrogen and oxygen atoms in total. The molecule has 1 amide bonds. The van der Waals surface area contributed by atoms with Gasteiger partial charge in [-0.2, -0.15) is 9.61 Å². The predicted molar refractivity (Wildman–Crippen MR) is 132 cm³/mol. The Balaban J connectivity index is 1.32. The van der Waals surface area contributed by atoms with Gasteiger partial charge in [0.15, 0.2) is 11.5 Å². The van der Waals surface area contributed by atoms with Crippen LogP contribution in [0.2, 0.25) is 0 Å². The van der Waals surface area contributed by atoms with Gasteiger partial charge in [0.2, 0.25) is 5.91 Å². The van der Waals surface area contributed by atoms with Gasteiger partial charge < -0.3 is 5.32 Å². The molecule has 2 aromatic carbocycles. The topological polar surface area (TPSA) is 85.1 Å². The van der Waals surface area contributed by atoms with Crippen molar-refractivity contribution in [1.29, 1.82) is 0 Å². The summed E-state index contributed by atoms with van der Waals surface area (Å²) < 4.78 is 1.71. The Hall–Kier alpha value is -4.39. The number of carbonyl (C=O) groups excluding carboxylic acids is 1. The van der Waals surface area contributed by atoms with Crippen LogP contribution in [-0.2, 0) is 17.6 Å². The number of carbonyl (C=O) groups is 1. The molecule has 7 heteroatoms. The van der Waals surface area contributed by atoms with Crippen LogP contribution in [0.3, 0.4) is 0 Å². The second-order valence-corrected chi connectivity index (χ2v) is 8.05. The zero-order valence-electron chi connectivity index (χ0n) is 18.8. The standard InChI is InChI=1S/C27H24N6O/c1-2-19-8-10-20(11-9-19)12-15-26(34)29-23-7-3-5-21(17-23)24-13-14-25-30-31-27(33(25)32-24)22-6-4-16-28-18-22/h3-11,13-14,16-18H,2,12,15H2,1H3,(H,29,34). The summed E-state index contributed by atoms with van der Waals surface area (Å²) in [6.07, 6.45) is 5.60. The van der Waals surface area contributed by atoms with Crippen LogP contribution in [0.1, 0.15) is 24.5 Å². The highest BCUT2D eigenvalue weighted by atomic mass is 16.1. The zero-order chi connectivity index (χ0) is 23.3. The summed E-state index contributed by atoms with van der Waals surface area (Å²) in [5.41, 5.74) is 6.34. The summed E-state index contributed by atoms with van der Waals surface area (Å²) in [5, 5.41) is 16.2. The molecule has 1 N–H and O–H groups in total. The van der Waals surface area contributed by atoms with Crippen molar-refractivity contribution in [3.63, 3.8) is 0 Å². The summed E-state index contributed by atoms with van der Waals surface area (Å²) in [4.78, 5) is 16.7. The number of nitrogens with one attached hydrogen (secondary N) is 1. The van der Waals surface area contributed by atoms with Gasteiger partial charge in [-0.25, -0.2) is 0 Å². The van der Waals surface area contributed by atoms with Gasteiger partial charge in [-0.3, -0.25) is 9.78 Å². The van der Waals surface area contributed by atoms with Gasteiger partial charge in [-0.15, -0.1) is 10.2 Å². The number of rotatable bonds is 7. The second kappa shape index (κ2) is 9.62. The first kappa shape index (κ1) is 21.5. The monoisotopic (exact) mass is 448 g/mol. The molecule has 0 bridgehead atoms. The number of aromatic nitrogens is 5. The van der Waals surface area contributed by atoms with Crippen molar-refractivity contribution in [2.75, 3.05) is 5.32 Å². The Bertz CT molecular complexity index is 1430. The molecule has 3 aromatic heterocycles. The van der Waals surface area contributed by atoms with Gasteiger partial charge >= 0.3 is 0 Å². The number of amides is 1. The highest BCUT2D eigenvalue weighted by Gasteiger charge is 2.11. The molecule has 3 heterocycles. The zero-order valence-corrected chi connectivity index (χ0v) is 18.8. The van der Waals surface area contributed by atoms with Gasteiger partial charge in [0, 0.05) is 35.6 Å². The average molecular weight is 449 g/mol. The van der Waals surface area contributed by atoms with E-state index in [2.05, 4.69) is 51.7 Å². The summed E-state index contributed by atoms with van der Waals surface area (Å²) in [5.74, 6) is 0.610. The maximum Gasteiger partial charge on any atom is 0.224 e. The SMILES string of the molecule is CCc1ccc(CCC(=O)Nc2cccc(-c3ccc4nnc(-c5cccnc5)n4n3)c2)cc1.